The van der Waals surface area contributed by atoms with Crippen LogP contribution in [-0.4, -0.2) is 18.1 Å². The minimum absolute atomic E-state index is 0.0156. The minimum atomic E-state index is 0.0156. The number of amides is 1. The van der Waals surface area contributed by atoms with Crippen LogP contribution in [0.25, 0.3) is 4.85 Å². The molecule has 2 fully saturated rings. The minimum Gasteiger partial charge on any atom is -0.490 e. The third kappa shape index (κ3) is 4.11. The number of benzene rings is 2. The number of nitrogens with one attached hydrogen (secondary N) is 1. The molecule has 0 bridgehead atoms. The number of ether oxygens (including phenoxy) is 1. The van der Waals surface area contributed by atoms with E-state index in [9.17, 15) is 4.79 Å². The van der Waals surface area contributed by atoms with Crippen molar-refractivity contribution < 1.29 is 9.53 Å². The van der Waals surface area contributed by atoms with Crippen LogP contribution in [0.2, 0.25) is 5.02 Å². The van der Waals surface area contributed by atoms with Gasteiger partial charge in [0.15, 0.2) is 0 Å². The Kier molecular flexibility index (Phi) is 5.27. The fraction of sp³-hybridized carbons (Fsp3) is 0.417. The fourth-order valence-corrected chi connectivity index (χ4v) is 4.76. The smallest absolute Gasteiger partial charge is 0.251 e. The molecule has 2 aliphatic rings. The highest BCUT2D eigenvalue weighted by molar-refractivity contribution is 6.33. The van der Waals surface area contributed by atoms with E-state index in [2.05, 4.69) is 24.0 Å². The van der Waals surface area contributed by atoms with Crippen LogP contribution in [0.5, 0.6) is 5.75 Å². The van der Waals surface area contributed by atoms with Gasteiger partial charge in [-0.2, -0.15) is 0 Å². The molecule has 29 heavy (non-hydrogen) atoms. The third-order valence-corrected chi connectivity index (χ3v) is 6.50. The van der Waals surface area contributed by atoms with Gasteiger partial charge in [-0.15, -0.1) is 0 Å². The molecule has 4 rings (SSSR count). The maximum absolute atomic E-state index is 12.5. The molecule has 0 heterocycles. The Balaban J connectivity index is 1.23. The van der Waals surface area contributed by atoms with Crippen LogP contribution < -0.4 is 10.1 Å². The summed E-state index contributed by atoms with van der Waals surface area (Å²) in [6, 6.07) is 13.4. The van der Waals surface area contributed by atoms with Crippen LogP contribution in [-0.2, 0) is 0 Å². The molecular formula is C24H25ClN2O2. The SMILES string of the molecule is [C-]#[N+]c1ccc(OC2CC3(CC(NC(=O)c4ccc(C(C)C)cc4)C3)C2)cc1Cl. The molecule has 0 aromatic heterocycles. The first-order valence-electron chi connectivity index (χ1n) is 10.1. The van der Waals surface area contributed by atoms with Crippen LogP contribution in [0, 0.1) is 12.0 Å². The van der Waals surface area contributed by atoms with Crippen LogP contribution in [0.3, 0.4) is 0 Å². The number of hydrogen-bond donors (Lipinski definition) is 1. The van der Waals surface area contributed by atoms with E-state index in [1.165, 1.54) is 5.56 Å². The lowest BCUT2D eigenvalue weighted by atomic mass is 9.53. The number of halogens is 1. The lowest BCUT2D eigenvalue weighted by Gasteiger charge is -2.57. The Morgan fingerprint density at radius 3 is 2.45 bits per heavy atom. The van der Waals surface area contributed by atoms with Gasteiger partial charge in [0.25, 0.3) is 5.91 Å². The summed E-state index contributed by atoms with van der Waals surface area (Å²) in [5.41, 5.74) is 2.73. The van der Waals surface area contributed by atoms with Gasteiger partial charge < -0.3 is 10.1 Å². The normalized spacial score (nSPS) is 25.1. The first-order valence-corrected chi connectivity index (χ1v) is 10.5. The maximum atomic E-state index is 12.5. The third-order valence-electron chi connectivity index (χ3n) is 6.20. The van der Waals surface area contributed by atoms with E-state index < -0.39 is 0 Å². The van der Waals surface area contributed by atoms with Gasteiger partial charge in [0.1, 0.15) is 5.75 Å². The monoisotopic (exact) mass is 408 g/mol. The van der Waals surface area contributed by atoms with Gasteiger partial charge >= 0.3 is 0 Å². The Labute approximate surface area is 177 Å². The van der Waals surface area contributed by atoms with Crippen molar-refractivity contribution in [1.29, 1.82) is 0 Å². The fourth-order valence-electron chi connectivity index (χ4n) is 4.54. The second-order valence-electron chi connectivity index (χ2n) is 8.73. The van der Waals surface area contributed by atoms with Crippen molar-refractivity contribution in [2.75, 3.05) is 0 Å². The van der Waals surface area contributed by atoms with Gasteiger partial charge in [-0.3, -0.25) is 4.79 Å². The number of nitrogens with zero attached hydrogens (tertiary/aromatic N) is 1. The highest BCUT2D eigenvalue weighted by atomic mass is 35.5. The van der Waals surface area contributed by atoms with Gasteiger partial charge in [0, 0.05) is 11.6 Å². The van der Waals surface area contributed by atoms with Gasteiger partial charge in [-0.1, -0.05) is 43.6 Å². The average molecular weight is 409 g/mol. The summed E-state index contributed by atoms with van der Waals surface area (Å²) in [6.45, 7) is 11.3. The van der Waals surface area contributed by atoms with Gasteiger partial charge in [-0.25, -0.2) is 4.85 Å². The van der Waals surface area contributed by atoms with Crippen molar-refractivity contribution >= 4 is 23.2 Å². The molecule has 0 aliphatic heterocycles. The van der Waals surface area contributed by atoms with Crippen LogP contribution in [0.4, 0.5) is 5.69 Å². The molecule has 5 heteroatoms. The summed E-state index contributed by atoms with van der Waals surface area (Å²) < 4.78 is 6.00. The molecule has 4 nitrogen and oxygen atoms in total. The van der Waals surface area contributed by atoms with Gasteiger partial charge in [0.05, 0.1) is 17.7 Å². The zero-order valence-corrected chi connectivity index (χ0v) is 17.5. The molecule has 1 N–H and O–H groups in total. The quantitative estimate of drug-likeness (QED) is 0.604. The first kappa shape index (κ1) is 19.8. The summed E-state index contributed by atoms with van der Waals surface area (Å²) in [4.78, 5) is 15.8. The Morgan fingerprint density at radius 1 is 1.17 bits per heavy atom. The zero-order chi connectivity index (χ0) is 20.6. The van der Waals surface area contributed by atoms with Crippen LogP contribution in [0.1, 0.15) is 61.4 Å². The van der Waals surface area contributed by atoms with Crippen molar-refractivity contribution in [2.24, 2.45) is 5.41 Å². The van der Waals surface area contributed by atoms with E-state index in [4.69, 9.17) is 22.9 Å². The molecule has 0 atom stereocenters. The lowest BCUT2D eigenvalue weighted by Crippen LogP contribution is -2.58. The van der Waals surface area contributed by atoms with E-state index in [0.717, 1.165) is 37.0 Å². The van der Waals surface area contributed by atoms with Crippen LogP contribution in [0.15, 0.2) is 42.5 Å². The zero-order valence-electron chi connectivity index (χ0n) is 16.7. The van der Waals surface area contributed by atoms with Crippen molar-refractivity contribution in [3.05, 3.63) is 70.0 Å². The van der Waals surface area contributed by atoms with Crippen LogP contribution >= 0.6 is 11.6 Å². The number of carbonyl (C=O) groups excluding carboxylic acids is 1. The Morgan fingerprint density at radius 2 is 1.86 bits per heavy atom. The molecule has 0 unspecified atom stereocenters. The predicted molar refractivity (Wildman–Crippen MR) is 115 cm³/mol. The maximum Gasteiger partial charge on any atom is 0.251 e. The number of rotatable bonds is 5. The second-order valence-corrected chi connectivity index (χ2v) is 9.14. The van der Waals surface area contributed by atoms with E-state index in [-0.39, 0.29) is 18.1 Å². The molecule has 2 aromatic rings. The summed E-state index contributed by atoms with van der Waals surface area (Å²) in [7, 11) is 0. The first-order chi connectivity index (χ1) is 13.9. The Hall–Kier alpha value is -2.51. The van der Waals surface area contributed by atoms with E-state index in [1.807, 2.05) is 24.3 Å². The van der Waals surface area contributed by atoms with E-state index in [1.54, 1.807) is 18.2 Å². The molecule has 0 radical (unpaired) electrons. The highest BCUT2D eigenvalue weighted by Gasteiger charge is 2.54. The van der Waals surface area contributed by atoms with E-state index in [0.29, 0.717) is 22.0 Å². The van der Waals surface area contributed by atoms with Gasteiger partial charge in [-0.05, 0) is 66.8 Å². The van der Waals surface area contributed by atoms with E-state index >= 15 is 0 Å². The highest BCUT2D eigenvalue weighted by Crippen LogP contribution is 2.56. The van der Waals surface area contributed by atoms with Crippen molar-refractivity contribution in [2.45, 2.75) is 57.6 Å². The van der Waals surface area contributed by atoms with Gasteiger partial charge in [0.2, 0.25) is 5.69 Å². The Bertz CT molecular complexity index is 948. The summed E-state index contributed by atoms with van der Waals surface area (Å²) in [6.07, 6.45) is 4.22. The molecule has 2 aliphatic carbocycles. The van der Waals surface area contributed by atoms with Crippen molar-refractivity contribution in [3.63, 3.8) is 0 Å². The topological polar surface area (TPSA) is 42.7 Å². The largest absolute Gasteiger partial charge is 0.490 e. The van der Waals surface area contributed by atoms with Crippen molar-refractivity contribution in [1.82, 2.24) is 5.32 Å². The molecule has 2 saturated carbocycles. The predicted octanol–water partition coefficient (Wildman–Crippen LogP) is 6.13. The number of carbonyl (C=O) groups is 1. The molecule has 150 valence electrons. The lowest BCUT2D eigenvalue weighted by molar-refractivity contribution is -0.0833. The summed E-state index contributed by atoms with van der Waals surface area (Å²) >= 11 is 6.08. The van der Waals surface area contributed by atoms with Crippen molar-refractivity contribution in [3.8, 4) is 5.75 Å². The standard InChI is InChI=1S/C24H25ClN2O2/c1-15(2)16-4-6-17(7-5-16)23(28)27-18-11-24(12-18)13-20(14-24)29-19-8-9-22(26-3)21(25)10-19/h4-10,15,18,20H,11-14H2,1-2H3,(H,27,28). The molecular weight excluding hydrogens is 384 g/mol. The molecule has 1 spiro atoms. The summed E-state index contributed by atoms with van der Waals surface area (Å²) in [5, 5.41) is 3.59. The molecule has 1 amide bonds. The number of hydrogen-bond acceptors (Lipinski definition) is 2. The second kappa shape index (κ2) is 7.72. The average Bonchev–Trinajstić information content (AvgIpc) is 2.64. The molecule has 0 saturated heterocycles. The summed E-state index contributed by atoms with van der Waals surface area (Å²) in [5.74, 6) is 1.20. The molecule has 2 aromatic carbocycles.